The van der Waals surface area contributed by atoms with Crippen LogP contribution in [-0.4, -0.2) is 80.2 Å². The van der Waals surface area contributed by atoms with Gasteiger partial charge in [-0.15, -0.1) is 11.3 Å². The van der Waals surface area contributed by atoms with E-state index in [9.17, 15) is 23.1 Å². The largest absolute Gasteiger partial charge is 0.485 e. The summed E-state index contributed by atoms with van der Waals surface area (Å²) < 4.78 is 35.3. The summed E-state index contributed by atoms with van der Waals surface area (Å²) in [6, 6.07) is 7.38. The third-order valence-corrected chi connectivity index (χ3v) is 10.2. The van der Waals surface area contributed by atoms with Crippen LogP contribution in [-0.2, 0) is 10.0 Å². The molecule has 1 aromatic carbocycles. The van der Waals surface area contributed by atoms with E-state index in [-0.39, 0.29) is 58.3 Å². The van der Waals surface area contributed by atoms with E-state index in [1.165, 1.54) is 12.5 Å². The van der Waals surface area contributed by atoms with Gasteiger partial charge in [0.05, 0.1) is 30.4 Å². The highest BCUT2D eigenvalue weighted by atomic mass is 32.2. The summed E-state index contributed by atoms with van der Waals surface area (Å²) in [5.41, 5.74) is 0.326. The lowest BCUT2D eigenvalue weighted by Gasteiger charge is -2.38. The van der Waals surface area contributed by atoms with Crippen molar-refractivity contribution in [3.8, 4) is 5.75 Å². The van der Waals surface area contributed by atoms with Gasteiger partial charge in [-0.2, -0.15) is 0 Å². The third kappa shape index (κ3) is 6.85. The Morgan fingerprint density at radius 2 is 1.97 bits per heavy atom. The highest BCUT2D eigenvalue weighted by Crippen LogP contribution is 2.36. The Kier molecular flexibility index (Phi) is 9.39. The smallest absolute Gasteiger partial charge is 0.317 e. The van der Waals surface area contributed by atoms with Gasteiger partial charge in [0.1, 0.15) is 10.3 Å². The minimum Gasteiger partial charge on any atom is -0.485 e. The Bertz CT molecular complexity index is 1250. The first kappa shape index (κ1) is 29.2. The number of aliphatic hydroxyl groups is 1. The van der Waals surface area contributed by atoms with Crippen LogP contribution >= 0.6 is 11.3 Å². The lowest BCUT2D eigenvalue weighted by molar-refractivity contribution is 0.0368. The van der Waals surface area contributed by atoms with Crippen LogP contribution < -0.4 is 14.8 Å². The first-order valence-corrected chi connectivity index (χ1v) is 15.8. The molecule has 39 heavy (non-hydrogen) atoms. The molecule has 2 aromatic rings. The Morgan fingerprint density at radius 3 is 2.64 bits per heavy atom. The number of hydrogen-bond donors (Lipinski definition) is 3. The number of sulfonamides is 1. The summed E-state index contributed by atoms with van der Waals surface area (Å²) in [4.78, 5) is 29.8. The maximum atomic E-state index is 13.6. The standard InChI is InChI=1S/C27H38N4O6S2/c1-18-15-31(19(2)17-32)26(33)21-11-7-12-22(29-39(35,36)24-13-8-14-38-24)25(21)37-23(18)16-30(3)27(34)28-20-9-5-4-6-10-20/h7-8,11-14,18-20,23,29,32H,4-6,9-10,15-17H2,1-3H3,(H,28,34)/t18-,19-,23-/m1/s1. The van der Waals surface area contributed by atoms with Crippen molar-refractivity contribution in [2.45, 2.75) is 68.3 Å². The number of nitrogens with one attached hydrogen (secondary N) is 2. The van der Waals surface area contributed by atoms with Gasteiger partial charge in [0.2, 0.25) is 0 Å². The van der Waals surface area contributed by atoms with Crippen molar-refractivity contribution < 1.29 is 27.9 Å². The van der Waals surface area contributed by atoms with E-state index < -0.39 is 22.2 Å². The van der Waals surface area contributed by atoms with E-state index in [0.29, 0.717) is 6.54 Å². The van der Waals surface area contributed by atoms with Crippen LogP contribution in [0.2, 0.25) is 0 Å². The molecule has 2 heterocycles. The Hall–Kier alpha value is -2.83. The molecule has 0 saturated heterocycles. The summed E-state index contributed by atoms with van der Waals surface area (Å²) in [5, 5.41) is 14.7. The fraction of sp³-hybridized carbons (Fsp3) is 0.556. The molecule has 0 radical (unpaired) electrons. The van der Waals surface area contributed by atoms with Crippen molar-refractivity contribution in [2.24, 2.45) is 5.92 Å². The number of anilines is 1. The second kappa shape index (κ2) is 12.6. The molecule has 2 aliphatic rings. The molecule has 1 aliphatic heterocycles. The maximum absolute atomic E-state index is 13.6. The van der Waals surface area contributed by atoms with E-state index in [0.717, 1.165) is 37.0 Å². The number of thiophene rings is 1. The fourth-order valence-electron chi connectivity index (χ4n) is 5.04. The van der Waals surface area contributed by atoms with Crippen LogP contribution in [0.4, 0.5) is 10.5 Å². The van der Waals surface area contributed by atoms with Gasteiger partial charge in [-0.3, -0.25) is 9.52 Å². The Morgan fingerprint density at radius 1 is 1.23 bits per heavy atom. The number of carbonyl (C=O) groups excluding carboxylic acids is 2. The topological polar surface area (TPSA) is 128 Å². The van der Waals surface area contributed by atoms with E-state index in [4.69, 9.17) is 4.74 Å². The quantitative estimate of drug-likeness (QED) is 0.438. The van der Waals surface area contributed by atoms with Crippen molar-refractivity contribution in [3.05, 3.63) is 41.3 Å². The fourth-order valence-corrected chi connectivity index (χ4v) is 7.09. The minimum absolute atomic E-state index is 0.107. The molecule has 10 nitrogen and oxygen atoms in total. The molecular formula is C27H38N4O6S2. The molecule has 214 valence electrons. The Labute approximate surface area is 234 Å². The Balaban J connectivity index is 1.65. The zero-order valence-corrected chi connectivity index (χ0v) is 24.3. The normalized spacial score (nSPS) is 21.2. The number of nitrogens with zero attached hydrogens (tertiary/aromatic N) is 2. The van der Waals surface area contributed by atoms with Crippen molar-refractivity contribution in [1.29, 1.82) is 0 Å². The van der Waals surface area contributed by atoms with Crippen LogP contribution in [0, 0.1) is 5.92 Å². The summed E-state index contributed by atoms with van der Waals surface area (Å²) in [6.07, 6.45) is 4.77. The SMILES string of the molecule is C[C@@H]1CN([C@H](C)CO)C(=O)c2cccc(NS(=O)(=O)c3cccs3)c2O[C@@H]1CN(C)C(=O)NC1CCCCC1. The van der Waals surface area contributed by atoms with Crippen LogP contribution in [0.15, 0.2) is 39.9 Å². The zero-order valence-electron chi connectivity index (χ0n) is 22.6. The van der Waals surface area contributed by atoms with Crippen LogP contribution in [0.5, 0.6) is 5.75 Å². The number of hydrogen-bond acceptors (Lipinski definition) is 7. The molecule has 3 atom stereocenters. The van der Waals surface area contributed by atoms with Gasteiger partial charge in [0.15, 0.2) is 5.75 Å². The first-order chi connectivity index (χ1) is 18.6. The number of benzene rings is 1. The van der Waals surface area contributed by atoms with Gasteiger partial charge in [-0.1, -0.05) is 38.3 Å². The molecule has 1 aliphatic carbocycles. The average Bonchev–Trinajstić information content (AvgIpc) is 3.47. The summed E-state index contributed by atoms with van der Waals surface area (Å²) in [5.74, 6) is -0.490. The number of amides is 3. The van der Waals surface area contributed by atoms with E-state index >= 15 is 0 Å². The molecule has 0 unspecified atom stereocenters. The maximum Gasteiger partial charge on any atom is 0.317 e. The monoisotopic (exact) mass is 578 g/mol. The van der Waals surface area contributed by atoms with Crippen LogP contribution in [0.3, 0.4) is 0 Å². The lowest BCUT2D eigenvalue weighted by atomic mass is 9.96. The number of likely N-dealkylation sites (N-methyl/N-ethyl adjacent to an activating group) is 1. The third-order valence-electron chi connectivity index (χ3n) is 7.43. The average molecular weight is 579 g/mol. The number of para-hydroxylation sites is 1. The van der Waals surface area contributed by atoms with Crippen molar-refractivity contribution >= 4 is 39.0 Å². The van der Waals surface area contributed by atoms with Gasteiger partial charge in [0.25, 0.3) is 15.9 Å². The molecule has 1 fully saturated rings. The van der Waals surface area contributed by atoms with Gasteiger partial charge in [0, 0.05) is 25.6 Å². The van der Waals surface area contributed by atoms with E-state index in [2.05, 4.69) is 10.0 Å². The number of rotatable bonds is 8. The van der Waals surface area contributed by atoms with Gasteiger partial charge in [-0.05, 0) is 43.3 Å². The predicted molar refractivity (Wildman–Crippen MR) is 151 cm³/mol. The second-order valence-electron chi connectivity index (χ2n) is 10.5. The number of ether oxygens (including phenoxy) is 1. The second-order valence-corrected chi connectivity index (χ2v) is 13.4. The molecule has 0 bridgehead atoms. The van der Waals surface area contributed by atoms with Crippen molar-refractivity contribution in [1.82, 2.24) is 15.1 Å². The number of urea groups is 1. The van der Waals surface area contributed by atoms with Gasteiger partial charge in [-0.25, -0.2) is 13.2 Å². The van der Waals surface area contributed by atoms with E-state index in [1.54, 1.807) is 53.4 Å². The van der Waals surface area contributed by atoms with Gasteiger partial charge >= 0.3 is 6.03 Å². The van der Waals surface area contributed by atoms with Crippen molar-refractivity contribution in [2.75, 3.05) is 31.5 Å². The molecule has 1 saturated carbocycles. The molecule has 12 heteroatoms. The molecular weight excluding hydrogens is 540 g/mol. The highest BCUT2D eigenvalue weighted by molar-refractivity contribution is 7.94. The highest BCUT2D eigenvalue weighted by Gasteiger charge is 2.35. The molecule has 3 amide bonds. The number of carbonyl (C=O) groups is 2. The molecule has 4 rings (SSSR count). The summed E-state index contributed by atoms with van der Waals surface area (Å²) >= 11 is 1.08. The minimum atomic E-state index is -3.91. The molecule has 3 N–H and O–H groups in total. The van der Waals surface area contributed by atoms with E-state index in [1.807, 2.05) is 6.92 Å². The zero-order chi connectivity index (χ0) is 28.2. The number of aliphatic hydroxyl groups excluding tert-OH is 1. The summed E-state index contributed by atoms with van der Waals surface area (Å²) in [6.45, 7) is 3.97. The lowest BCUT2D eigenvalue weighted by Crippen LogP contribution is -2.52. The molecule has 1 aromatic heterocycles. The van der Waals surface area contributed by atoms with Crippen LogP contribution in [0.25, 0.3) is 0 Å². The predicted octanol–water partition coefficient (Wildman–Crippen LogP) is 3.74. The van der Waals surface area contributed by atoms with Crippen LogP contribution in [0.1, 0.15) is 56.3 Å². The summed E-state index contributed by atoms with van der Waals surface area (Å²) in [7, 11) is -2.20. The number of fused-ring (bicyclic) bond motifs is 1. The molecule has 0 spiro atoms. The van der Waals surface area contributed by atoms with Crippen molar-refractivity contribution in [3.63, 3.8) is 0 Å². The first-order valence-electron chi connectivity index (χ1n) is 13.4. The van der Waals surface area contributed by atoms with Gasteiger partial charge < -0.3 is 25.0 Å².